The van der Waals surface area contributed by atoms with Crippen LogP contribution in [0.5, 0.6) is 0 Å². The predicted molar refractivity (Wildman–Crippen MR) is 88.3 cm³/mol. The van der Waals surface area contributed by atoms with E-state index in [2.05, 4.69) is 20.9 Å². The van der Waals surface area contributed by atoms with Crippen LogP contribution in [0.4, 0.5) is 5.69 Å². The minimum Gasteiger partial charge on any atom is -0.263 e. The van der Waals surface area contributed by atoms with E-state index in [0.29, 0.717) is 23.5 Å². The van der Waals surface area contributed by atoms with E-state index in [1.165, 1.54) is 28.6 Å². The Hall–Kier alpha value is -1.56. The molecule has 0 spiro atoms. The van der Waals surface area contributed by atoms with E-state index in [-0.39, 0.29) is 4.90 Å². The van der Waals surface area contributed by atoms with Gasteiger partial charge in [0.15, 0.2) is 0 Å². The number of thioether (sulfide) groups is 1. The van der Waals surface area contributed by atoms with Gasteiger partial charge in [0.25, 0.3) is 10.0 Å². The van der Waals surface area contributed by atoms with Crippen molar-refractivity contribution >= 4 is 43.4 Å². The number of pyridine rings is 1. The SMILES string of the molecule is N#Cc1ccc(S(=O)(=O)N2CCSc3c(Br)cncc32)cc1. The number of nitriles is 1. The summed E-state index contributed by atoms with van der Waals surface area (Å²) in [6.45, 7) is 0.387. The fourth-order valence-electron chi connectivity index (χ4n) is 2.16. The average molecular weight is 396 g/mol. The first-order chi connectivity index (χ1) is 10.5. The Morgan fingerprint density at radius 1 is 1.27 bits per heavy atom. The van der Waals surface area contributed by atoms with Gasteiger partial charge in [-0.05, 0) is 40.2 Å². The summed E-state index contributed by atoms with van der Waals surface area (Å²) in [4.78, 5) is 5.12. The molecule has 3 rings (SSSR count). The molecule has 5 nitrogen and oxygen atoms in total. The molecule has 2 heterocycles. The summed E-state index contributed by atoms with van der Waals surface area (Å²) in [6.07, 6.45) is 3.22. The molecule has 0 fully saturated rings. The standard InChI is InChI=1S/C14H10BrN3O2S2/c15-12-8-17-9-13-14(12)21-6-5-18(13)22(19,20)11-3-1-10(7-16)2-4-11/h1-4,8-9H,5-6H2. The van der Waals surface area contributed by atoms with E-state index in [0.717, 1.165) is 9.37 Å². The van der Waals surface area contributed by atoms with Gasteiger partial charge in [-0.15, -0.1) is 11.8 Å². The highest BCUT2D eigenvalue weighted by molar-refractivity contribution is 9.10. The Kier molecular flexibility index (Phi) is 4.12. The average Bonchev–Trinajstić information content (AvgIpc) is 2.55. The van der Waals surface area contributed by atoms with Crippen LogP contribution in [0.3, 0.4) is 0 Å². The molecule has 0 unspecified atom stereocenters. The van der Waals surface area contributed by atoms with E-state index in [1.54, 1.807) is 24.2 Å². The van der Waals surface area contributed by atoms with Gasteiger partial charge in [-0.2, -0.15) is 5.26 Å². The Bertz CT molecular complexity index is 861. The number of aromatic nitrogens is 1. The van der Waals surface area contributed by atoms with Gasteiger partial charge in [0.05, 0.1) is 32.9 Å². The highest BCUT2D eigenvalue weighted by atomic mass is 79.9. The molecular weight excluding hydrogens is 386 g/mol. The van der Waals surface area contributed by atoms with E-state index in [9.17, 15) is 8.42 Å². The third kappa shape index (κ3) is 2.60. The molecule has 0 atom stereocenters. The first kappa shape index (κ1) is 15.3. The lowest BCUT2D eigenvalue weighted by atomic mass is 10.2. The van der Waals surface area contributed by atoms with Crippen LogP contribution in [0.25, 0.3) is 0 Å². The molecule has 22 heavy (non-hydrogen) atoms. The molecule has 2 aromatic rings. The molecule has 1 aromatic carbocycles. The number of rotatable bonds is 2. The van der Waals surface area contributed by atoms with Crippen LogP contribution in [-0.2, 0) is 10.0 Å². The topological polar surface area (TPSA) is 74.1 Å². The first-order valence-corrected chi connectivity index (χ1v) is 9.55. The Morgan fingerprint density at radius 3 is 2.68 bits per heavy atom. The number of nitrogens with zero attached hydrogens (tertiary/aromatic N) is 3. The maximum atomic E-state index is 12.9. The minimum absolute atomic E-state index is 0.171. The van der Waals surface area contributed by atoms with Crippen LogP contribution < -0.4 is 4.31 Å². The molecule has 8 heteroatoms. The van der Waals surface area contributed by atoms with Gasteiger partial charge in [0, 0.05) is 23.4 Å². The fourth-order valence-corrected chi connectivity index (χ4v) is 5.44. The van der Waals surface area contributed by atoms with Gasteiger partial charge in [-0.25, -0.2) is 8.42 Å². The van der Waals surface area contributed by atoms with Crippen molar-refractivity contribution in [1.82, 2.24) is 4.98 Å². The van der Waals surface area contributed by atoms with Crippen molar-refractivity contribution in [3.63, 3.8) is 0 Å². The third-order valence-corrected chi connectivity index (χ3v) is 7.01. The highest BCUT2D eigenvalue weighted by Crippen LogP contribution is 2.41. The summed E-state index contributed by atoms with van der Waals surface area (Å²) in [5, 5.41) is 8.81. The van der Waals surface area contributed by atoms with Crippen LogP contribution in [-0.4, -0.2) is 25.7 Å². The molecule has 1 aromatic heterocycles. The van der Waals surface area contributed by atoms with Crippen LogP contribution >= 0.6 is 27.7 Å². The van der Waals surface area contributed by atoms with Crippen LogP contribution in [0.2, 0.25) is 0 Å². The lowest BCUT2D eigenvalue weighted by Crippen LogP contribution is -2.35. The number of hydrogen-bond acceptors (Lipinski definition) is 5. The summed E-state index contributed by atoms with van der Waals surface area (Å²) in [6, 6.07) is 7.91. The van der Waals surface area contributed by atoms with Gasteiger partial charge >= 0.3 is 0 Å². The molecular formula is C14H10BrN3O2S2. The second-order valence-corrected chi connectivity index (χ2v) is 8.35. The number of fused-ring (bicyclic) bond motifs is 1. The molecule has 0 N–H and O–H groups in total. The lowest BCUT2D eigenvalue weighted by Gasteiger charge is -2.30. The number of benzene rings is 1. The molecule has 0 saturated heterocycles. The molecule has 112 valence electrons. The summed E-state index contributed by atoms with van der Waals surface area (Å²) in [7, 11) is -3.67. The zero-order valence-corrected chi connectivity index (χ0v) is 14.4. The zero-order valence-electron chi connectivity index (χ0n) is 11.2. The molecule has 1 aliphatic heterocycles. The van der Waals surface area contributed by atoms with E-state index >= 15 is 0 Å². The highest BCUT2D eigenvalue weighted by Gasteiger charge is 2.30. The van der Waals surface area contributed by atoms with Crippen LogP contribution in [0.15, 0.2) is 50.9 Å². The normalized spacial score (nSPS) is 14.3. The summed E-state index contributed by atoms with van der Waals surface area (Å²) in [5.74, 6) is 0.672. The van der Waals surface area contributed by atoms with Crippen molar-refractivity contribution in [2.75, 3.05) is 16.6 Å². The Labute approximate surface area is 141 Å². The maximum absolute atomic E-state index is 12.9. The van der Waals surface area contributed by atoms with Crippen LogP contribution in [0, 0.1) is 11.3 Å². The molecule has 0 amide bonds. The van der Waals surface area contributed by atoms with Crippen molar-refractivity contribution in [1.29, 1.82) is 5.26 Å². The van der Waals surface area contributed by atoms with Gasteiger partial charge in [-0.1, -0.05) is 0 Å². The number of hydrogen-bond donors (Lipinski definition) is 0. The summed E-state index contributed by atoms with van der Waals surface area (Å²) < 4.78 is 27.9. The number of halogens is 1. The smallest absolute Gasteiger partial charge is 0.263 e. The lowest BCUT2D eigenvalue weighted by molar-refractivity contribution is 0.591. The second kappa shape index (κ2) is 5.91. The summed E-state index contributed by atoms with van der Waals surface area (Å²) >= 11 is 5.01. The van der Waals surface area contributed by atoms with Crippen molar-refractivity contribution in [3.05, 3.63) is 46.7 Å². The van der Waals surface area contributed by atoms with Crippen molar-refractivity contribution in [2.24, 2.45) is 0 Å². The molecule has 0 radical (unpaired) electrons. The first-order valence-electron chi connectivity index (χ1n) is 6.33. The van der Waals surface area contributed by atoms with Gasteiger partial charge < -0.3 is 0 Å². The van der Waals surface area contributed by atoms with Gasteiger partial charge in [0.2, 0.25) is 0 Å². The predicted octanol–water partition coefficient (Wildman–Crippen LogP) is 3.02. The molecule has 0 bridgehead atoms. The van der Waals surface area contributed by atoms with Crippen molar-refractivity contribution in [3.8, 4) is 6.07 Å². The number of anilines is 1. The van der Waals surface area contributed by atoms with Gasteiger partial charge in [-0.3, -0.25) is 9.29 Å². The molecule has 0 saturated carbocycles. The monoisotopic (exact) mass is 395 g/mol. The van der Waals surface area contributed by atoms with Crippen LogP contribution in [0.1, 0.15) is 5.56 Å². The molecule has 1 aliphatic rings. The summed E-state index contributed by atoms with van der Waals surface area (Å²) in [5.41, 5.74) is 1.01. The van der Waals surface area contributed by atoms with Crippen molar-refractivity contribution < 1.29 is 8.42 Å². The largest absolute Gasteiger partial charge is 0.264 e. The molecule has 0 aliphatic carbocycles. The Balaban J connectivity index is 2.07. The maximum Gasteiger partial charge on any atom is 0.264 e. The zero-order chi connectivity index (χ0) is 15.7. The van der Waals surface area contributed by atoms with E-state index in [4.69, 9.17) is 5.26 Å². The van der Waals surface area contributed by atoms with E-state index in [1.807, 2.05) is 6.07 Å². The van der Waals surface area contributed by atoms with Crippen molar-refractivity contribution in [2.45, 2.75) is 9.79 Å². The second-order valence-electron chi connectivity index (χ2n) is 4.53. The van der Waals surface area contributed by atoms with E-state index < -0.39 is 10.0 Å². The quantitative estimate of drug-likeness (QED) is 0.780. The third-order valence-electron chi connectivity index (χ3n) is 3.22. The fraction of sp³-hybridized carbons (Fsp3) is 0.143. The Morgan fingerprint density at radius 2 is 2.00 bits per heavy atom. The number of sulfonamides is 1. The minimum atomic E-state index is -3.67. The van der Waals surface area contributed by atoms with Gasteiger partial charge in [0.1, 0.15) is 0 Å².